The first kappa shape index (κ1) is 15.8. The Kier molecular flexibility index (Phi) is 5.23. The molecule has 0 saturated carbocycles. The Morgan fingerprint density at radius 2 is 2.19 bits per heavy atom. The molecule has 0 spiro atoms. The van der Waals surface area contributed by atoms with Crippen LogP contribution in [0.25, 0.3) is 0 Å². The van der Waals surface area contributed by atoms with Crippen LogP contribution in [-0.2, 0) is 4.79 Å². The second-order valence-corrected chi connectivity index (χ2v) is 6.10. The topological polar surface area (TPSA) is 49.6 Å². The molecule has 0 aromatic heterocycles. The Bertz CT molecular complexity index is 489. The minimum atomic E-state index is -0.133. The molecule has 0 aliphatic carbocycles. The van der Waals surface area contributed by atoms with Crippen LogP contribution in [0.2, 0.25) is 0 Å². The highest BCUT2D eigenvalue weighted by atomic mass is 16.2. The number of nitrogens with zero attached hydrogens (tertiary/aromatic N) is 2. The molecule has 2 unspecified atom stereocenters. The number of hydrogen-bond acceptors (Lipinski definition) is 3. The summed E-state index contributed by atoms with van der Waals surface area (Å²) in [5.41, 5.74) is 7.56. The summed E-state index contributed by atoms with van der Waals surface area (Å²) in [5, 5.41) is 0. The first-order valence-corrected chi connectivity index (χ1v) is 7.87. The number of benzene rings is 1. The Hall–Kier alpha value is -1.55. The van der Waals surface area contributed by atoms with E-state index in [2.05, 4.69) is 23.8 Å². The summed E-state index contributed by atoms with van der Waals surface area (Å²) in [6.07, 6.45) is 2.04. The molecule has 2 atom stereocenters. The van der Waals surface area contributed by atoms with Crippen molar-refractivity contribution in [1.82, 2.24) is 9.80 Å². The molecule has 0 radical (unpaired) electrons. The number of nitrogen functional groups attached to an aromatic ring is 1. The maximum absolute atomic E-state index is 12.9. The Labute approximate surface area is 127 Å². The number of rotatable bonds is 3. The van der Waals surface area contributed by atoms with Gasteiger partial charge in [-0.25, -0.2) is 0 Å². The van der Waals surface area contributed by atoms with Gasteiger partial charge in [-0.2, -0.15) is 0 Å². The average Bonchev–Trinajstić information content (AvgIpc) is 2.67. The van der Waals surface area contributed by atoms with Gasteiger partial charge in [-0.15, -0.1) is 0 Å². The molecule has 1 aromatic carbocycles. The van der Waals surface area contributed by atoms with E-state index in [0.717, 1.165) is 43.7 Å². The van der Waals surface area contributed by atoms with E-state index in [1.54, 1.807) is 0 Å². The third-order valence-corrected chi connectivity index (χ3v) is 4.44. The normalized spacial score (nSPS) is 21.9. The van der Waals surface area contributed by atoms with Crippen molar-refractivity contribution >= 4 is 11.6 Å². The molecular formula is C17H27N3O. The summed E-state index contributed by atoms with van der Waals surface area (Å²) in [4.78, 5) is 17.3. The van der Waals surface area contributed by atoms with Crippen LogP contribution in [0.5, 0.6) is 0 Å². The standard InChI is InChI=1S/C17H27N3O/c1-4-16-12-19(3)9-6-10-20(16)17(21)13(2)14-7-5-8-15(18)11-14/h5,7-8,11,13,16H,4,6,9-10,12,18H2,1-3H3. The molecule has 4 heteroatoms. The van der Waals surface area contributed by atoms with Gasteiger partial charge in [-0.3, -0.25) is 4.79 Å². The molecular weight excluding hydrogens is 262 g/mol. The maximum atomic E-state index is 12.9. The summed E-state index contributed by atoms with van der Waals surface area (Å²) >= 11 is 0. The number of carbonyl (C=O) groups excluding carboxylic acids is 1. The van der Waals surface area contributed by atoms with E-state index in [-0.39, 0.29) is 11.8 Å². The Morgan fingerprint density at radius 3 is 2.86 bits per heavy atom. The number of nitrogens with two attached hydrogens (primary N) is 1. The van der Waals surface area contributed by atoms with Gasteiger partial charge < -0.3 is 15.5 Å². The quantitative estimate of drug-likeness (QED) is 0.869. The molecule has 116 valence electrons. The molecule has 1 aliphatic heterocycles. The van der Waals surface area contributed by atoms with Crippen molar-refractivity contribution in [2.45, 2.75) is 38.6 Å². The van der Waals surface area contributed by atoms with Crippen LogP contribution in [0.4, 0.5) is 5.69 Å². The predicted molar refractivity (Wildman–Crippen MR) is 87.2 cm³/mol. The van der Waals surface area contributed by atoms with Gasteiger partial charge in [0.2, 0.25) is 5.91 Å². The molecule has 1 aromatic rings. The summed E-state index contributed by atoms with van der Waals surface area (Å²) < 4.78 is 0. The van der Waals surface area contributed by atoms with Gasteiger partial charge >= 0.3 is 0 Å². The second-order valence-electron chi connectivity index (χ2n) is 6.10. The minimum absolute atomic E-state index is 0.133. The Morgan fingerprint density at radius 1 is 1.43 bits per heavy atom. The SMILES string of the molecule is CCC1CN(C)CCCN1C(=O)C(C)c1cccc(N)c1. The zero-order valence-electron chi connectivity index (χ0n) is 13.4. The minimum Gasteiger partial charge on any atom is -0.399 e. The molecule has 0 bridgehead atoms. The molecule has 2 N–H and O–H groups in total. The van der Waals surface area contributed by atoms with Crippen molar-refractivity contribution in [3.63, 3.8) is 0 Å². The average molecular weight is 289 g/mol. The smallest absolute Gasteiger partial charge is 0.230 e. The highest BCUT2D eigenvalue weighted by molar-refractivity contribution is 5.84. The van der Waals surface area contributed by atoms with Crippen molar-refractivity contribution in [3.8, 4) is 0 Å². The third kappa shape index (κ3) is 3.76. The monoisotopic (exact) mass is 289 g/mol. The lowest BCUT2D eigenvalue weighted by Gasteiger charge is -2.32. The number of likely N-dealkylation sites (N-methyl/N-ethyl adjacent to an activating group) is 1. The summed E-state index contributed by atoms with van der Waals surface area (Å²) in [5.74, 6) is 0.0914. The number of amides is 1. The molecule has 1 amide bonds. The fourth-order valence-electron chi connectivity index (χ4n) is 3.10. The van der Waals surface area contributed by atoms with Crippen molar-refractivity contribution in [2.75, 3.05) is 32.4 Å². The number of carbonyl (C=O) groups is 1. The molecule has 21 heavy (non-hydrogen) atoms. The molecule has 1 fully saturated rings. The summed E-state index contributed by atoms with van der Waals surface area (Å²) in [6.45, 7) is 7.03. The van der Waals surface area contributed by atoms with Gasteiger partial charge in [0.05, 0.1) is 5.92 Å². The number of anilines is 1. The Balaban J connectivity index is 2.16. The van der Waals surface area contributed by atoms with Crippen molar-refractivity contribution in [3.05, 3.63) is 29.8 Å². The molecule has 1 saturated heterocycles. The first-order valence-electron chi connectivity index (χ1n) is 7.87. The van der Waals surface area contributed by atoms with Gasteiger partial charge in [-0.1, -0.05) is 19.1 Å². The van der Waals surface area contributed by atoms with Crippen molar-refractivity contribution < 1.29 is 4.79 Å². The lowest BCUT2D eigenvalue weighted by Crippen LogP contribution is -2.45. The van der Waals surface area contributed by atoms with Gasteiger partial charge in [0.25, 0.3) is 0 Å². The lowest BCUT2D eigenvalue weighted by molar-refractivity contribution is -0.134. The van der Waals surface area contributed by atoms with Crippen molar-refractivity contribution in [2.24, 2.45) is 0 Å². The van der Waals surface area contributed by atoms with Gasteiger partial charge in [0.15, 0.2) is 0 Å². The highest BCUT2D eigenvalue weighted by Gasteiger charge is 2.29. The lowest BCUT2D eigenvalue weighted by atomic mass is 9.98. The van der Waals surface area contributed by atoms with Gasteiger partial charge in [0.1, 0.15) is 0 Å². The van der Waals surface area contributed by atoms with E-state index in [4.69, 9.17) is 5.73 Å². The van der Waals surface area contributed by atoms with Crippen LogP contribution in [-0.4, -0.2) is 48.4 Å². The predicted octanol–water partition coefficient (Wildman–Crippen LogP) is 2.31. The van der Waals surface area contributed by atoms with E-state index >= 15 is 0 Å². The summed E-state index contributed by atoms with van der Waals surface area (Å²) in [6, 6.07) is 7.99. The largest absolute Gasteiger partial charge is 0.399 e. The fraction of sp³-hybridized carbons (Fsp3) is 0.588. The van der Waals surface area contributed by atoms with E-state index in [0.29, 0.717) is 6.04 Å². The second kappa shape index (κ2) is 6.94. The van der Waals surface area contributed by atoms with E-state index in [1.165, 1.54) is 0 Å². The molecule has 1 heterocycles. The molecule has 4 nitrogen and oxygen atoms in total. The first-order chi connectivity index (χ1) is 10.0. The zero-order valence-corrected chi connectivity index (χ0v) is 13.4. The van der Waals surface area contributed by atoms with Gasteiger partial charge in [-0.05, 0) is 51.1 Å². The van der Waals surface area contributed by atoms with E-state index < -0.39 is 0 Å². The van der Waals surface area contributed by atoms with Crippen LogP contribution >= 0.6 is 0 Å². The van der Waals surface area contributed by atoms with Crippen LogP contribution in [0.15, 0.2) is 24.3 Å². The van der Waals surface area contributed by atoms with Crippen LogP contribution in [0.3, 0.4) is 0 Å². The van der Waals surface area contributed by atoms with Crippen LogP contribution < -0.4 is 5.73 Å². The van der Waals surface area contributed by atoms with Crippen molar-refractivity contribution in [1.29, 1.82) is 0 Å². The van der Waals surface area contributed by atoms with Crippen LogP contribution in [0, 0.1) is 0 Å². The highest BCUT2D eigenvalue weighted by Crippen LogP contribution is 2.23. The number of hydrogen-bond donors (Lipinski definition) is 1. The summed E-state index contributed by atoms with van der Waals surface area (Å²) in [7, 11) is 2.14. The van der Waals surface area contributed by atoms with E-state index in [9.17, 15) is 4.79 Å². The zero-order chi connectivity index (χ0) is 15.4. The maximum Gasteiger partial charge on any atom is 0.230 e. The molecule has 2 rings (SSSR count). The van der Waals surface area contributed by atoms with Gasteiger partial charge in [0, 0.05) is 24.8 Å². The van der Waals surface area contributed by atoms with Crippen LogP contribution in [0.1, 0.15) is 38.2 Å². The molecule has 1 aliphatic rings. The third-order valence-electron chi connectivity index (χ3n) is 4.44. The fourth-order valence-corrected chi connectivity index (χ4v) is 3.10. The van der Waals surface area contributed by atoms with E-state index in [1.807, 2.05) is 31.2 Å².